The Kier molecular flexibility index (Phi) is 5.12. The summed E-state index contributed by atoms with van der Waals surface area (Å²) in [4.78, 5) is 0. The van der Waals surface area contributed by atoms with Gasteiger partial charge in [-0.15, -0.1) is 0 Å². The van der Waals surface area contributed by atoms with Crippen LogP contribution in [0, 0.1) is 17.3 Å². The molecule has 0 aromatic heterocycles. The van der Waals surface area contributed by atoms with Crippen molar-refractivity contribution in [3.63, 3.8) is 0 Å². The summed E-state index contributed by atoms with van der Waals surface area (Å²) >= 11 is 0. The molecule has 2 fully saturated rings. The van der Waals surface area contributed by atoms with E-state index in [4.69, 9.17) is 0 Å². The van der Waals surface area contributed by atoms with Crippen molar-refractivity contribution in [3.05, 3.63) is 0 Å². The Labute approximate surface area is 114 Å². The molecule has 0 saturated heterocycles. The summed E-state index contributed by atoms with van der Waals surface area (Å²) in [6, 6.07) is 0.811. The molecule has 0 spiro atoms. The van der Waals surface area contributed by atoms with Gasteiger partial charge in [0.25, 0.3) is 0 Å². The van der Waals surface area contributed by atoms with Gasteiger partial charge in [-0.3, -0.25) is 0 Å². The number of rotatable bonds is 4. The summed E-state index contributed by atoms with van der Waals surface area (Å²) in [5.74, 6) is 1.87. The largest absolute Gasteiger partial charge is 0.313 e. The van der Waals surface area contributed by atoms with E-state index >= 15 is 0 Å². The van der Waals surface area contributed by atoms with Crippen LogP contribution in [-0.4, -0.2) is 12.6 Å². The van der Waals surface area contributed by atoms with Crippen molar-refractivity contribution in [2.75, 3.05) is 6.54 Å². The van der Waals surface area contributed by atoms with Crippen LogP contribution in [0.15, 0.2) is 0 Å². The zero-order valence-electron chi connectivity index (χ0n) is 12.8. The van der Waals surface area contributed by atoms with E-state index in [0.29, 0.717) is 5.41 Å². The third-order valence-corrected chi connectivity index (χ3v) is 5.58. The van der Waals surface area contributed by atoms with Gasteiger partial charge in [-0.25, -0.2) is 0 Å². The van der Waals surface area contributed by atoms with E-state index in [2.05, 4.69) is 26.1 Å². The molecule has 0 aromatic carbocycles. The zero-order valence-corrected chi connectivity index (χ0v) is 12.8. The smallest absolute Gasteiger partial charge is 0.00673 e. The summed E-state index contributed by atoms with van der Waals surface area (Å²) < 4.78 is 0. The van der Waals surface area contributed by atoms with Crippen molar-refractivity contribution >= 4 is 0 Å². The molecule has 0 aliphatic heterocycles. The molecule has 18 heavy (non-hydrogen) atoms. The average Bonchev–Trinajstić information content (AvgIpc) is 2.64. The SMILES string of the molecule is CC(C)C1CCCC(NCC2(C)CCCC2)CC1. The first-order valence-electron chi connectivity index (χ1n) is 8.32. The van der Waals surface area contributed by atoms with Crippen LogP contribution in [-0.2, 0) is 0 Å². The van der Waals surface area contributed by atoms with Crippen LogP contribution in [0.2, 0.25) is 0 Å². The maximum atomic E-state index is 3.90. The van der Waals surface area contributed by atoms with Crippen LogP contribution in [0.25, 0.3) is 0 Å². The topological polar surface area (TPSA) is 12.0 Å². The van der Waals surface area contributed by atoms with Crippen LogP contribution >= 0.6 is 0 Å². The van der Waals surface area contributed by atoms with Crippen LogP contribution in [0.3, 0.4) is 0 Å². The molecule has 2 atom stereocenters. The lowest BCUT2D eigenvalue weighted by atomic mass is 9.88. The summed E-state index contributed by atoms with van der Waals surface area (Å²) in [6.07, 6.45) is 13.0. The molecular weight excluding hydrogens is 218 g/mol. The predicted molar refractivity (Wildman–Crippen MR) is 79.8 cm³/mol. The van der Waals surface area contributed by atoms with Crippen molar-refractivity contribution in [1.82, 2.24) is 5.32 Å². The lowest BCUT2D eigenvalue weighted by Gasteiger charge is -2.27. The first-order chi connectivity index (χ1) is 8.59. The van der Waals surface area contributed by atoms with Gasteiger partial charge in [0.05, 0.1) is 0 Å². The molecular formula is C17H33N. The predicted octanol–water partition coefficient (Wildman–Crippen LogP) is 4.76. The second-order valence-corrected chi connectivity index (χ2v) is 7.61. The van der Waals surface area contributed by atoms with E-state index in [9.17, 15) is 0 Å². The Balaban J connectivity index is 1.73. The van der Waals surface area contributed by atoms with E-state index < -0.39 is 0 Å². The Morgan fingerprint density at radius 3 is 2.39 bits per heavy atom. The number of hydrogen-bond donors (Lipinski definition) is 1. The summed E-state index contributed by atoms with van der Waals surface area (Å²) in [6.45, 7) is 8.56. The van der Waals surface area contributed by atoms with Crippen LogP contribution in [0.1, 0.15) is 78.6 Å². The fourth-order valence-electron chi connectivity index (χ4n) is 4.00. The van der Waals surface area contributed by atoms with E-state index in [1.807, 2.05) is 0 Å². The molecule has 1 heteroatoms. The van der Waals surface area contributed by atoms with Gasteiger partial charge < -0.3 is 5.32 Å². The third kappa shape index (κ3) is 3.98. The van der Waals surface area contributed by atoms with Gasteiger partial charge in [0.1, 0.15) is 0 Å². The maximum absolute atomic E-state index is 3.90. The summed E-state index contributed by atoms with van der Waals surface area (Å²) in [5, 5.41) is 3.90. The average molecular weight is 251 g/mol. The molecule has 0 amide bonds. The summed E-state index contributed by atoms with van der Waals surface area (Å²) in [5.41, 5.74) is 0.615. The zero-order chi connectivity index (χ0) is 13.0. The minimum absolute atomic E-state index is 0.615. The molecule has 2 rings (SSSR count). The normalized spacial score (nSPS) is 32.7. The van der Waals surface area contributed by atoms with Gasteiger partial charge in [0.2, 0.25) is 0 Å². The molecule has 0 aromatic rings. The highest BCUT2D eigenvalue weighted by atomic mass is 14.9. The Hall–Kier alpha value is -0.0400. The fraction of sp³-hybridized carbons (Fsp3) is 1.00. The van der Waals surface area contributed by atoms with Gasteiger partial charge in [0.15, 0.2) is 0 Å². The van der Waals surface area contributed by atoms with Gasteiger partial charge in [-0.1, -0.05) is 46.5 Å². The molecule has 0 bridgehead atoms. The number of hydrogen-bond acceptors (Lipinski definition) is 1. The highest BCUT2D eigenvalue weighted by Gasteiger charge is 2.29. The molecule has 0 heterocycles. The van der Waals surface area contributed by atoms with Crippen LogP contribution in [0.5, 0.6) is 0 Å². The Morgan fingerprint density at radius 2 is 1.72 bits per heavy atom. The standard InChI is InChI=1S/C17H33N/c1-14(2)15-7-6-8-16(10-9-15)18-13-17(3)11-4-5-12-17/h14-16,18H,4-13H2,1-3H3. The van der Waals surface area contributed by atoms with Gasteiger partial charge in [-0.2, -0.15) is 0 Å². The number of nitrogens with one attached hydrogen (secondary N) is 1. The lowest BCUT2D eigenvalue weighted by Crippen LogP contribution is -2.37. The minimum Gasteiger partial charge on any atom is -0.313 e. The highest BCUT2D eigenvalue weighted by molar-refractivity contribution is 4.85. The van der Waals surface area contributed by atoms with E-state index in [1.54, 1.807) is 0 Å². The molecule has 0 radical (unpaired) electrons. The molecule has 2 saturated carbocycles. The third-order valence-electron chi connectivity index (χ3n) is 5.58. The van der Waals surface area contributed by atoms with E-state index in [1.165, 1.54) is 64.3 Å². The van der Waals surface area contributed by atoms with Crippen molar-refractivity contribution in [1.29, 1.82) is 0 Å². The van der Waals surface area contributed by atoms with Crippen molar-refractivity contribution in [2.45, 2.75) is 84.6 Å². The molecule has 1 N–H and O–H groups in total. The van der Waals surface area contributed by atoms with E-state index in [-0.39, 0.29) is 0 Å². The Bertz CT molecular complexity index is 240. The first-order valence-corrected chi connectivity index (χ1v) is 8.32. The second-order valence-electron chi connectivity index (χ2n) is 7.61. The molecule has 2 unspecified atom stereocenters. The monoisotopic (exact) mass is 251 g/mol. The first kappa shape index (κ1) is 14.4. The molecule has 106 valence electrons. The Morgan fingerprint density at radius 1 is 1.00 bits per heavy atom. The molecule has 2 aliphatic carbocycles. The molecule has 2 aliphatic rings. The lowest BCUT2D eigenvalue weighted by molar-refractivity contribution is 0.285. The van der Waals surface area contributed by atoms with Crippen molar-refractivity contribution in [2.24, 2.45) is 17.3 Å². The minimum atomic E-state index is 0.615. The second kappa shape index (κ2) is 6.41. The van der Waals surface area contributed by atoms with E-state index in [0.717, 1.165) is 17.9 Å². The van der Waals surface area contributed by atoms with Crippen LogP contribution < -0.4 is 5.32 Å². The van der Waals surface area contributed by atoms with Gasteiger partial charge >= 0.3 is 0 Å². The maximum Gasteiger partial charge on any atom is 0.00673 e. The quantitative estimate of drug-likeness (QED) is 0.710. The van der Waals surface area contributed by atoms with Crippen LogP contribution in [0.4, 0.5) is 0 Å². The highest BCUT2D eigenvalue weighted by Crippen LogP contribution is 2.37. The van der Waals surface area contributed by atoms with Crippen molar-refractivity contribution < 1.29 is 0 Å². The summed E-state index contributed by atoms with van der Waals surface area (Å²) in [7, 11) is 0. The van der Waals surface area contributed by atoms with Gasteiger partial charge in [-0.05, 0) is 49.4 Å². The molecule has 1 nitrogen and oxygen atoms in total. The fourth-order valence-corrected chi connectivity index (χ4v) is 4.00. The van der Waals surface area contributed by atoms with Gasteiger partial charge in [0, 0.05) is 12.6 Å². The van der Waals surface area contributed by atoms with Crippen molar-refractivity contribution in [3.8, 4) is 0 Å².